The highest BCUT2D eigenvalue weighted by Gasteiger charge is 2.16. The molecule has 2 atom stereocenters. The molecule has 0 spiro atoms. The number of aromatic nitrogens is 2. The Morgan fingerprint density at radius 2 is 2.18 bits per heavy atom. The second kappa shape index (κ2) is 7.22. The molecule has 0 radical (unpaired) electrons. The summed E-state index contributed by atoms with van der Waals surface area (Å²) in [5.41, 5.74) is 0.972. The molecule has 0 aliphatic carbocycles. The quantitative estimate of drug-likeness (QED) is 0.888. The third-order valence-electron chi connectivity index (χ3n) is 3.74. The van der Waals surface area contributed by atoms with Crippen LogP contribution in [0.2, 0.25) is 0 Å². The van der Waals surface area contributed by atoms with Crippen molar-refractivity contribution in [2.75, 3.05) is 13.1 Å². The minimum atomic E-state index is 0.170. The molecular weight excluding hydrogens is 278 g/mol. The van der Waals surface area contributed by atoms with Crippen molar-refractivity contribution >= 4 is 0 Å². The maximum Gasteiger partial charge on any atom is 0.231 e. The molecule has 1 aromatic heterocycles. The minimum Gasteiger partial charge on any atom is -0.497 e. The lowest BCUT2D eigenvalue weighted by Crippen LogP contribution is -2.31. The predicted octanol–water partition coefficient (Wildman–Crippen LogP) is 3.12. The Morgan fingerprint density at radius 3 is 2.95 bits per heavy atom. The lowest BCUT2D eigenvalue weighted by atomic mass is 10.1. The van der Waals surface area contributed by atoms with E-state index in [9.17, 15) is 0 Å². The van der Waals surface area contributed by atoms with Crippen molar-refractivity contribution in [1.29, 1.82) is 0 Å². The summed E-state index contributed by atoms with van der Waals surface area (Å²) in [7, 11) is 0. The van der Waals surface area contributed by atoms with Gasteiger partial charge in [0, 0.05) is 24.6 Å². The molecule has 0 bridgehead atoms. The molecule has 3 rings (SSSR count). The van der Waals surface area contributed by atoms with E-state index < -0.39 is 0 Å². The molecule has 22 heavy (non-hydrogen) atoms. The van der Waals surface area contributed by atoms with E-state index in [0.717, 1.165) is 31.5 Å². The van der Waals surface area contributed by atoms with Gasteiger partial charge in [0.25, 0.3) is 0 Å². The first-order valence-electron chi connectivity index (χ1n) is 7.73. The van der Waals surface area contributed by atoms with Gasteiger partial charge in [0.2, 0.25) is 11.7 Å². The average molecular weight is 299 g/mol. The second-order valence-corrected chi connectivity index (χ2v) is 5.59. The highest BCUT2D eigenvalue weighted by atomic mass is 16.5. The first-order valence-corrected chi connectivity index (χ1v) is 7.73. The lowest BCUT2D eigenvalue weighted by molar-refractivity contribution is 0.122. The molecule has 0 amide bonds. The van der Waals surface area contributed by atoms with Gasteiger partial charge in [-0.2, -0.15) is 4.98 Å². The van der Waals surface area contributed by atoms with Crippen LogP contribution >= 0.6 is 0 Å². The Bertz CT molecular complexity index is 609. The molecule has 2 aromatic rings. The van der Waals surface area contributed by atoms with E-state index in [4.69, 9.17) is 9.26 Å². The van der Waals surface area contributed by atoms with Crippen molar-refractivity contribution in [1.82, 2.24) is 15.5 Å². The third-order valence-corrected chi connectivity index (χ3v) is 3.74. The van der Waals surface area contributed by atoms with Crippen LogP contribution in [0, 0.1) is 0 Å². The second-order valence-electron chi connectivity index (χ2n) is 5.59. The molecule has 0 unspecified atom stereocenters. The zero-order chi connectivity index (χ0) is 15.2. The Balaban J connectivity index is 1.51. The SMILES string of the molecule is C[C@H](CNC[C@H]1CCC=CO1)c1nc(-c2ccccc2)no1. The Hall–Kier alpha value is -2.14. The average Bonchev–Trinajstić information content (AvgIpc) is 3.07. The van der Waals surface area contributed by atoms with Gasteiger partial charge in [0.05, 0.1) is 6.26 Å². The van der Waals surface area contributed by atoms with E-state index in [1.807, 2.05) is 30.3 Å². The van der Waals surface area contributed by atoms with Crippen molar-refractivity contribution in [2.45, 2.75) is 31.8 Å². The number of benzene rings is 1. The van der Waals surface area contributed by atoms with Gasteiger partial charge in [0.1, 0.15) is 6.10 Å². The zero-order valence-electron chi connectivity index (χ0n) is 12.7. The zero-order valence-corrected chi connectivity index (χ0v) is 12.7. The maximum atomic E-state index is 5.53. The molecule has 5 heteroatoms. The van der Waals surface area contributed by atoms with Crippen molar-refractivity contribution in [3.8, 4) is 11.4 Å². The maximum absolute atomic E-state index is 5.53. The van der Waals surface area contributed by atoms with Gasteiger partial charge in [-0.15, -0.1) is 0 Å². The molecule has 1 N–H and O–H groups in total. The van der Waals surface area contributed by atoms with Gasteiger partial charge in [-0.1, -0.05) is 42.4 Å². The lowest BCUT2D eigenvalue weighted by Gasteiger charge is -2.20. The number of hydrogen-bond acceptors (Lipinski definition) is 5. The minimum absolute atomic E-state index is 0.170. The molecule has 116 valence electrons. The van der Waals surface area contributed by atoms with E-state index in [1.165, 1.54) is 0 Å². The van der Waals surface area contributed by atoms with Crippen molar-refractivity contribution in [2.24, 2.45) is 0 Å². The first-order chi connectivity index (χ1) is 10.8. The van der Waals surface area contributed by atoms with Gasteiger partial charge in [-0.05, 0) is 18.9 Å². The van der Waals surface area contributed by atoms with Gasteiger partial charge in [-0.3, -0.25) is 0 Å². The molecule has 1 aliphatic heterocycles. The molecule has 1 aromatic carbocycles. The van der Waals surface area contributed by atoms with Crippen LogP contribution in [0.5, 0.6) is 0 Å². The summed E-state index contributed by atoms with van der Waals surface area (Å²) in [6.07, 6.45) is 6.27. The fourth-order valence-electron chi connectivity index (χ4n) is 2.42. The van der Waals surface area contributed by atoms with Crippen LogP contribution < -0.4 is 5.32 Å². The number of hydrogen-bond donors (Lipinski definition) is 1. The first kappa shape index (κ1) is 14.8. The molecule has 1 aliphatic rings. The van der Waals surface area contributed by atoms with Crippen LogP contribution in [0.15, 0.2) is 47.2 Å². The monoisotopic (exact) mass is 299 g/mol. The molecule has 2 heterocycles. The highest BCUT2D eigenvalue weighted by Crippen LogP contribution is 2.19. The van der Waals surface area contributed by atoms with Gasteiger partial charge >= 0.3 is 0 Å². The van der Waals surface area contributed by atoms with Crippen LogP contribution in [-0.2, 0) is 4.74 Å². The van der Waals surface area contributed by atoms with Crippen LogP contribution in [0.1, 0.15) is 31.6 Å². The van der Waals surface area contributed by atoms with Crippen LogP contribution in [0.25, 0.3) is 11.4 Å². The molecular formula is C17H21N3O2. The Kier molecular flexibility index (Phi) is 4.85. The van der Waals surface area contributed by atoms with E-state index in [2.05, 4.69) is 28.5 Å². The van der Waals surface area contributed by atoms with E-state index in [0.29, 0.717) is 11.7 Å². The summed E-state index contributed by atoms with van der Waals surface area (Å²) in [4.78, 5) is 4.49. The van der Waals surface area contributed by atoms with Crippen LogP contribution in [0.4, 0.5) is 0 Å². The predicted molar refractivity (Wildman–Crippen MR) is 84.3 cm³/mol. The number of ether oxygens (including phenoxy) is 1. The normalized spacial score (nSPS) is 18.9. The van der Waals surface area contributed by atoms with Crippen molar-refractivity contribution in [3.05, 3.63) is 48.6 Å². The number of nitrogens with zero attached hydrogens (tertiary/aromatic N) is 2. The molecule has 0 saturated heterocycles. The highest BCUT2D eigenvalue weighted by molar-refractivity contribution is 5.53. The van der Waals surface area contributed by atoms with Crippen molar-refractivity contribution in [3.63, 3.8) is 0 Å². The third kappa shape index (κ3) is 3.74. The molecule has 5 nitrogen and oxygen atoms in total. The number of nitrogens with one attached hydrogen (secondary N) is 1. The standard InChI is InChI=1S/C17H21N3O2/c1-13(11-18-12-15-9-5-6-10-21-15)17-19-16(20-22-17)14-7-3-2-4-8-14/h2-4,6-8,10,13,15,18H,5,9,11-12H2,1H3/t13-,15-/m1/s1. The molecule has 0 saturated carbocycles. The Morgan fingerprint density at radius 1 is 1.32 bits per heavy atom. The van der Waals surface area contributed by atoms with Crippen molar-refractivity contribution < 1.29 is 9.26 Å². The van der Waals surface area contributed by atoms with Gasteiger partial charge in [-0.25, -0.2) is 0 Å². The number of rotatable bonds is 6. The topological polar surface area (TPSA) is 60.2 Å². The van der Waals surface area contributed by atoms with Crippen LogP contribution in [-0.4, -0.2) is 29.3 Å². The summed E-state index contributed by atoms with van der Waals surface area (Å²) in [5.74, 6) is 1.48. The summed E-state index contributed by atoms with van der Waals surface area (Å²) in [5, 5.41) is 7.47. The smallest absolute Gasteiger partial charge is 0.231 e. The Labute approximate surface area is 130 Å². The van der Waals surface area contributed by atoms with Gasteiger partial charge in [0.15, 0.2) is 0 Å². The largest absolute Gasteiger partial charge is 0.497 e. The van der Waals surface area contributed by atoms with E-state index in [-0.39, 0.29) is 12.0 Å². The summed E-state index contributed by atoms with van der Waals surface area (Å²) in [6, 6.07) is 9.86. The number of allylic oxidation sites excluding steroid dienone is 1. The van der Waals surface area contributed by atoms with E-state index >= 15 is 0 Å². The summed E-state index contributed by atoms with van der Waals surface area (Å²) in [6.45, 7) is 3.71. The summed E-state index contributed by atoms with van der Waals surface area (Å²) >= 11 is 0. The fraction of sp³-hybridized carbons (Fsp3) is 0.412. The van der Waals surface area contributed by atoms with E-state index in [1.54, 1.807) is 6.26 Å². The molecule has 0 fully saturated rings. The fourth-order valence-corrected chi connectivity index (χ4v) is 2.42. The van der Waals surface area contributed by atoms with Gasteiger partial charge < -0.3 is 14.6 Å². The van der Waals surface area contributed by atoms with Crippen LogP contribution in [0.3, 0.4) is 0 Å². The summed E-state index contributed by atoms with van der Waals surface area (Å²) < 4.78 is 10.9.